The predicted molar refractivity (Wildman–Crippen MR) is 56.7 cm³/mol. The van der Waals surface area contributed by atoms with Crippen molar-refractivity contribution in [2.45, 2.75) is 13.3 Å². The van der Waals surface area contributed by atoms with Crippen molar-refractivity contribution in [1.82, 2.24) is 15.1 Å². The Morgan fingerprint density at radius 1 is 1.62 bits per heavy atom. The van der Waals surface area contributed by atoms with Gasteiger partial charge in [0.1, 0.15) is 5.92 Å². The summed E-state index contributed by atoms with van der Waals surface area (Å²) in [6.07, 6.45) is 4.21. The van der Waals surface area contributed by atoms with Gasteiger partial charge in [0.25, 0.3) is 0 Å². The first-order valence-electron chi connectivity index (χ1n) is 4.98. The largest absolute Gasteiger partial charge is 0.481 e. The molecule has 88 valence electrons. The van der Waals surface area contributed by atoms with Crippen molar-refractivity contribution in [2.24, 2.45) is 13.0 Å². The lowest BCUT2D eigenvalue weighted by Crippen LogP contribution is -2.34. The summed E-state index contributed by atoms with van der Waals surface area (Å²) < 4.78 is 1.68. The number of carbonyl (C=O) groups excluding carboxylic acids is 1. The molecule has 1 atom stereocenters. The number of aromatic nitrogens is 2. The van der Waals surface area contributed by atoms with Crippen molar-refractivity contribution < 1.29 is 14.7 Å². The first-order chi connectivity index (χ1) is 7.50. The zero-order chi connectivity index (χ0) is 12.1. The monoisotopic (exact) mass is 225 g/mol. The van der Waals surface area contributed by atoms with E-state index >= 15 is 0 Å². The Morgan fingerprint density at radius 2 is 2.31 bits per heavy atom. The minimum atomic E-state index is -1.11. The summed E-state index contributed by atoms with van der Waals surface area (Å²) in [5, 5.41) is 15.2. The van der Waals surface area contributed by atoms with Crippen LogP contribution in [0, 0.1) is 5.92 Å². The number of hydrogen-bond acceptors (Lipinski definition) is 3. The molecule has 0 bridgehead atoms. The van der Waals surface area contributed by atoms with E-state index < -0.39 is 17.8 Å². The molecule has 0 saturated carbocycles. The van der Waals surface area contributed by atoms with E-state index in [1.807, 2.05) is 13.2 Å². The number of rotatable bonds is 5. The molecule has 1 amide bonds. The number of carboxylic acids is 1. The summed E-state index contributed by atoms with van der Waals surface area (Å²) in [6.45, 7) is 1.78. The molecular formula is C10H15N3O3. The van der Waals surface area contributed by atoms with Gasteiger partial charge in [-0.1, -0.05) is 0 Å². The molecule has 2 N–H and O–H groups in total. The first-order valence-corrected chi connectivity index (χ1v) is 4.98. The number of aryl methyl sites for hydroxylation is 1. The van der Waals surface area contributed by atoms with Crippen LogP contribution in [-0.4, -0.2) is 33.3 Å². The molecule has 1 rings (SSSR count). The lowest BCUT2D eigenvalue weighted by Gasteiger charge is -2.07. The minimum Gasteiger partial charge on any atom is -0.481 e. The van der Waals surface area contributed by atoms with E-state index in [-0.39, 0.29) is 0 Å². The van der Waals surface area contributed by atoms with Crippen molar-refractivity contribution in [3.05, 3.63) is 18.0 Å². The van der Waals surface area contributed by atoms with Crippen LogP contribution in [0.3, 0.4) is 0 Å². The molecule has 6 nitrogen and oxygen atoms in total. The number of nitrogens with one attached hydrogen (secondary N) is 1. The van der Waals surface area contributed by atoms with Crippen LogP contribution in [0.4, 0.5) is 0 Å². The van der Waals surface area contributed by atoms with Gasteiger partial charge in [-0.15, -0.1) is 0 Å². The number of amides is 1. The maximum Gasteiger partial charge on any atom is 0.315 e. The molecule has 1 heterocycles. The number of hydrogen-bond donors (Lipinski definition) is 2. The maximum atomic E-state index is 11.3. The molecule has 1 aromatic rings. The van der Waals surface area contributed by atoms with Gasteiger partial charge in [-0.2, -0.15) is 5.10 Å². The van der Waals surface area contributed by atoms with E-state index in [0.29, 0.717) is 13.0 Å². The topological polar surface area (TPSA) is 84.2 Å². The van der Waals surface area contributed by atoms with Gasteiger partial charge >= 0.3 is 5.97 Å². The lowest BCUT2D eigenvalue weighted by atomic mass is 10.1. The van der Waals surface area contributed by atoms with Gasteiger partial charge in [-0.3, -0.25) is 14.3 Å². The van der Waals surface area contributed by atoms with Gasteiger partial charge in [0.2, 0.25) is 5.91 Å². The molecular weight excluding hydrogens is 210 g/mol. The maximum absolute atomic E-state index is 11.3. The summed E-state index contributed by atoms with van der Waals surface area (Å²) >= 11 is 0. The smallest absolute Gasteiger partial charge is 0.315 e. The third kappa shape index (κ3) is 3.38. The molecule has 1 unspecified atom stereocenters. The second kappa shape index (κ2) is 5.29. The molecule has 0 spiro atoms. The summed E-state index contributed by atoms with van der Waals surface area (Å²) in [5.41, 5.74) is 1.01. The fourth-order valence-electron chi connectivity index (χ4n) is 1.20. The Labute approximate surface area is 93.3 Å². The minimum absolute atomic E-state index is 0.419. The van der Waals surface area contributed by atoms with Crippen molar-refractivity contribution in [3.8, 4) is 0 Å². The highest BCUT2D eigenvalue weighted by atomic mass is 16.4. The van der Waals surface area contributed by atoms with Gasteiger partial charge in [0.15, 0.2) is 0 Å². The summed E-state index contributed by atoms with van der Waals surface area (Å²) in [5.74, 6) is -2.58. The van der Waals surface area contributed by atoms with E-state index in [2.05, 4.69) is 10.4 Å². The molecule has 0 aliphatic carbocycles. The van der Waals surface area contributed by atoms with Crippen molar-refractivity contribution >= 4 is 11.9 Å². The fraction of sp³-hybridized carbons (Fsp3) is 0.500. The molecule has 0 saturated heterocycles. The Balaban J connectivity index is 2.30. The van der Waals surface area contributed by atoms with Crippen LogP contribution < -0.4 is 5.32 Å². The van der Waals surface area contributed by atoms with Crippen LogP contribution in [0.2, 0.25) is 0 Å². The molecule has 0 aliphatic heterocycles. The standard InChI is InChI=1S/C10H15N3O3/c1-7(10(15)16)9(14)11-4-3-8-5-12-13(2)6-8/h5-7H,3-4H2,1-2H3,(H,11,14)(H,15,16). The fourth-order valence-corrected chi connectivity index (χ4v) is 1.20. The van der Waals surface area contributed by atoms with Crippen molar-refractivity contribution in [2.75, 3.05) is 6.54 Å². The highest BCUT2D eigenvalue weighted by molar-refractivity contribution is 5.96. The third-order valence-electron chi connectivity index (χ3n) is 2.23. The van der Waals surface area contributed by atoms with E-state index in [4.69, 9.17) is 5.11 Å². The number of aliphatic carboxylic acids is 1. The average molecular weight is 225 g/mol. The van der Waals surface area contributed by atoms with E-state index in [9.17, 15) is 9.59 Å². The third-order valence-corrected chi connectivity index (χ3v) is 2.23. The second-order valence-electron chi connectivity index (χ2n) is 3.62. The van der Waals surface area contributed by atoms with Crippen LogP contribution >= 0.6 is 0 Å². The van der Waals surface area contributed by atoms with Crippen LogP contribution in [0.15, 0.2) is 12.4 Å². The normalized spacial score (nSPS) is 12.1. The molecule has 0 radical (unpaired) electrons. The Bertz CT molecular complexity index is 386. The SMILES string of the molecule is CC(C(=O)O)C(=O)NCCc1cnn(C)c1. The first kappa shape index (κ1) is 12.2. The quantitative estimate of drug-likeness (QED) is 0.680. The highest BCUT2D eigenvalue weighted by Crippen LogP contribution is 1.98. The van der Waals surface area contributed by atoms with Gasteiger partial charge in [0.05, 0.1) is 6.20 Å². The Morgan fingerprint density at radius 3 is 2.81 bits per heavy atom. The molecule has 0 fully saturated rings. The number of carboxylic acid groups (broad SMARTS) is 1. The summed E-state index contributed by atoms with van der Waals surface area (Å²) in [7, 11) is 1.81. The molecule has 16 heavy (non-hydrogen) atoms. The van der Waals surface area contributed by atoms with Crippen molar-refractivity contribution in [1.29, 1.82) is 0 Å². The van der Waals surface area contributed by atoms with Gasteiger partial charge in [-0.25, -0.2) is 0 Å². The molecule has 1 aromatic heterocycles. The predicted octanol–water partition coefficient (Wildman–Crippen LogP) is -0.200. The Kier molecular flexibility index (Phi) is 4.04. The van der Waals surface area contributed by atoms with Crippen LogP contribution in [0.5, 0.6) is 0 Å². The average Bonchev–Trinajstić information content (AvgIpc) is 2.62. The summed E-state index contributed by atoms with van der Waals surface area (Å²) in [4.78, 5) is 21.8. The van der Waals surface area contributed by atoms with Crippen molar-refractivity contribution in [3.63, 3.8) is 0 Å². The molecule has 0 aromatic carbocycles. The van der Waals surface area contributed by atoms with Gasteiger partial charge < -0.3 is 10.4 Å². The van der Waals surface area contributed by atoms with E-state index in [1.165, 1.54) is 6.92 Å². The van der Waals surface area contributed by atoms with Gasteiger partial charge in [-0.05, 0) is 18.9 Å². The van der Waals surface area contributed by atoms with Crippen LogP contribution in [0.25, 0.3) is 0 Å². The zero-order valence-electron chi connectivity index (χ0n) is 9.30. The van der Waals surface area contributed by atoms with E-state index in [0.717, 1.165) is 5.56 Å². The van der Waals surface area contributed by atoms with Gasteiger partial charge in [0, 0.05) is 19.8 Å². The highest BCUT2D eigenvalue weighted by Gasteiger charge is 2.19. The number of nitrogens with zero attached hydrogens (tertiary/aromatic N) is 2. The van der Waals surface area contributed by atoms with Crippen LogP contribution in [-0.2, 0) is 23.1 Å². The second-order valence-corrected chi connectivity index (χ2v) is 3.62. The number of carbonyl (C=O) groups is 2. The van der Waals surface area contributed by atoms with E-state index in [1.54, 1.807) is 10.9 Å². The molecule has 6 heteroatoms. The lowest BCUT2D eigenvalue weighted by molar-refractivity contribution is -0.146. The Hall–Kier alpha value is -1.85. The van der Waals surface area contributed by atoms with Crippen LogP contribution in [0.1, 0.15) is 12.5 Å². The molecule has 0 aliphatic rings. The zero-order valence-corrected chi connectivity index (χ0v) is 9.30. The summed E-state index contributed by atoms with van der Waals surface area (Å²) in [6, 6.07) is 0.